The van der Waals surface area contributed by atoms with Gasteiger partial charge in [0, 0.05) is 12.2 Å². The fourth-order valence-corrected chi connectivity index (χ4v) is 3.55. The van der Waals surface area contributed by atoms with Gasteiger partial charge in [0.2, 0.25) is 0 Å². The minimum atomic E-state index is -0.391. The monoisotopic (exact) mass is 500 g/mol. The van der Waals surface area contributed by atoms with E-state index in [2.05, 4.69) is 21.2 Å². The Labute approximate surface area is 193 Å². The van der Waals surface area contributed by atoms with Crippen LogP contribution in [0.4, 0.5) is 11.4 Å². The Bertz CT molecular complexity index is 1110. The number of carbonyl (C=O) groups is 2. The fraction of sp³-hybridized carbons (Fsp3) is 0.217. The van der Waals surface area contributed by atoms with Crippen LogP contribution in [0.25, 0.3) is 0 Å². The third-order valence-corrected chi connectivity index (χ3v) is 5.24. The van der Waals surface area contributed by atoms with Crippen molar-refractivity contribution < 1.29 is 28.2 Å². The van der Waals surface area contributed by atoms with Gasteiger partial charge in [-0.1, -0.05) is 0 Å². The number of nitrogens with one attached hydrogen (secondary N) is 1. The summed E-state index contributed by atoms with van der Waals surface area (Å²) >= 11 is 3.18. The van der Waals surface area contributed by atoms with Crippen LogP contribution in [0, 0.1) is 0 Å². The number of anilines is 2. The van der Waals surface area contributed by atoms with Crippen LogP contribution in [0.2, 0.25) is 0 Å². The summed E-state index contributed by atoms with van der Waals surface area (Å²) in [5.41, 5.74) is 1.13. The molecule has 166 valence electrons. The van der Waals surface area contributed by atoms with Crippen LogP contribution in [0.5, 0.6) is 17.2 Å². The predicted octanol–water partition coefficient (Wildman–Crippen LogP) is 4.50. The second kappa shape index (κ2) is 9.78. The van der Waals surface area contributed by atoms with Gasteiger partial charge in [-0.05, 0) is 76.9 Å². The molecule has 0 fully saturated rings. The molecule has 0 aliphatic carbocycles. The molecule has 1 aliphatic rings. The molecule has 0 saturated heterocycles. The summed E-state index contributed by atoms with van der Waals surface area (Å²) in [4.78, 5) is 26.5. The van der Waals surface area contributed by atoms with Gasteiger partial charge in [0.1, 0.15) is 17.2 Å². The molecule has 32 heavy (non-hydrogen) atoms. The van der Waals surface area contributed by atoms with Crippen molar-refractivity contribution in [2.45, 2.75) is 6.42 Å². The van der Waals surface area contributed by atoms with Crippen LogP contribution in [0.15, 0.2) is 63.7 Å². The number of furan rings is 1. The number of carbonyl (C=O) groups excluding carboxylic acids is 2. The summed E-state index contributed by atoms with van der Waals surface area (Å²) in [7, 11) is 1.61. The second-order valence-corrected chi connectivity index (χ2v) is 7.73. The highest BCUT2D eigenvalue weighted by Crippen LogP contribution is 2.35. The second-order valence-electron chi connectivity index (χ2n) is 6.95. The molecule has 0 atom stereocenters. The molecule has 1 aromatic heterocycles. The number of halogens is 1. The summed E-state index contributed by atoms with van der Waals surface area (Å²) in [6, 6.07) is 15.7. The van der Waals surface area contributed by atoms with Crippen LogP contribution >= 0.6 is 15.9 Å². The summed E-state index contributed by atoms with van der Waals surface area (Å²) < 4.78 is 22.2. The van der Waals surface area contributed by atoms with Crippen LogP contribution in [-0.2, 0) is 4.79 Å². The van der Waals surface area contributed by atoms with Gasteiger partial charge in [-0.3, -0.25) is 9.59 Å². The van der Waals surface area contributed by atoms with Crippen molar-refractivity contribution in [3.8, 4) is 17.2 Å². The minimum absolute atomic E-state index is 0.0293. The Morgan fingerprint density at radius 2 is 1.91 bits per heavy atom. The van der Waals surface area contributed by atoms with Gasteiger partial charge >= 0.3 is 0 Å². The first-order valence-corrected chi connectivity index (χ1v) is 10.7. The lowest BCUT2D eigenvalue weighted by atomic mass is 10.2. The molecule has 2 heterocycles. The lowest BCUT2D eigenvalue weighted by Gasteiger charge is -2.29. The number of amides is 2. The molecule has 3 aromatic rings. The minimum Gasteiger partial charge on any atom is -0.497 e. The number of benzene rings is 2. The molecule has 0 bridgehead atoms. The third-order valence-electron chi connectivity index (χ3n) is 4.81. The summed E-state index contributed by atoms with van der Waals surface area (Å²) in [6.07, 6.45) is 0.619. The van der Waals surface area contributed by atoms with E-state index in [-0.39, 0.29) is 18.3 Å². The van der Waals surface area contributed by atoms with Gasteiger partial charge < -0.3 is 28.8 Å². The number of ether oxygens (including phenoxy) is 3. The highest BCUT2D eigenvalue weighted by Gasteiger charge is 2.26. The van der Waals surface area contributed by atoms with E-state index in [1.165, 1.54) is 0 Å². The average molecular weight is 501 g/mol. The van der Waals surface area contributed by atoms with Crippen molar-refractivity contribution in [2.24, 2.45) is 0 Å². The molecule has 0 unspecified atom stereocenters. The van der Waals surface area contributed by atoms with Gasteiger partial charge in [-0.2, -0.15) is 0 Å². The SMILES string of the molecule is COc1ccc(OCCCN2C(=O)COc3ccc(NC(=O)c4ccc(Br)o4)cc32)cc1. The zero-order chi connectivity index (χ0) is 22.5. The van der Waals surface area contributed by atoms with E-state index in [9.17, 15) is 9.59 Å². The normalized spacial score (nSPS) is 12.7. The number of fused-ring (bicyclic) bond motifs is 1. The molecule has 0 radical (unpaired) electrons. The fourth-order valence-electron chi connectivity index (χ4n) is 3.24. The summed E-state index contributed by atoms with van der Waals surface area (Å²) in [5.74, 6) is 1.71. The first-order chi connectivity index (χ1) is 15.5. The lowest BCUT2D eigenvalue weighted by molar-refractivity contribution is -0.121. The van der Waals surface area contributed by atoms with Crippen LogP contribution in [0.1, 0.15) is 17.0 Å². The number of methoxy groups -OCH3 is 1. The smallest absolute Gasteiger partial charge is 0.291 e. The number of rotatable bonds is 8. The van der Waals surface area contributed by atoms with Gasteiger partial charge in [-0.15, -0.1) is 0 Å². The molecule has 2 amide bonds. The molecule has 1 N–H and O–H groups in total. The standard InChI is InChI=1S/C23H21BrN2O6/c1-29-16-4-6-17(7-5-16)30-12-2-11-26-18-13-15(3-8-19(18)31-14-22(26)27)25-23(28)20-9-10-21(24)32-20/h3-10,13H,2,11-12,14H2,1H3,(H,25,28). The molecule has 1 aliphatic heterocycles. The number of nitrogens with zero attached hydrogens (tertiary/aromatic N) is 1. The maximum Gasteiger partial charge on any atom is 0.291 e. The van der Waals surface area contributed by atoms with Crippen molar-refractivity contribution in [2.75, 3.05) is 37.1 Å². The Morgan fingerprint density at radius 1 is 1.12 bits per heavy atom. The van der Waals surface area contributed by atoms with Crippen molar-refractivity contribution >= 4 is 39.1 Å². The Morgan fingerprint density at radius 3 is 2.62 bits per heavy atom. The molecule has 0 spiro atoms. The third kappa shape index (κ3) is 5.05. The first-order valence-electron chi connectivity index (χ1n) is 9.94. The molecule has 0 saturated carbocycles. The van der Waals surface area contributed by atoms with E-state index in [1.807, 2.05) is 24.3 Å². The van der Waals surface area contributed by atoms with E-state index >= 15 is 0 Å². The number of hydrogen-bond donors (Lipinski definition) is 1. The van der Waals surface area contributed by atoms with Crippen molar-refractivity contribution in [1.82, 2.24) is 0 Å². The predicted molar refractivity (Wildman–Crippen MR) is 122 cm³/mol. The van der Waals surface area contributed by atoms with Crippen molar-refractivity contribution in [1.29, 1.82) is 0 Å². The zero-order valence-electron chi connectivity index (χ0n) is 17.3. The maximum atomic E-state index is 12.5. The highest BCUT2D eigenvalue weighted by molar-refractivity contribution is 9.10. The maximum absolute atomic E-state index is 12.5. The van der Waals surface area contributed by atoms with Gasteiger partial charge in [0.05, 0.1) is 19.4 Å². The quantitative estimate of drug-likeness (QED) is 0.458. The topological polar surface area (TPSA) is 90.2 Å². The average Bonchev–Trinajstić information content (AvgIpc) is 3.25. The summed E-state index contributed by atoms with van der Waals surface area (Å²) in [6.45, 7) is 0.864. The molecular formula is C23H21BrN2O6. The van der Waals surface area contributed by atoms with Crippen LogP contribution < -0.4 is 24.4 Å². The van der Waals surface area contributed by atoms with E-state index in [0.29, 0.717) is 41.4 Å². The first kappa shape index (κ1) is 21.8. The molecular weight excluding hydrogens is 480 g/mol. The van der Waals surface area contributed by atoms with Gasteiger partial charge in [-0.25, -0.2) is 0 Å². The molecule has 8 nitrogen and oxygen atoms in total. The Kier molecular flexibility index (Phi) is 6.65. The lowest BCUT2D eigenvalue weighted by Crippen LogP contribution is -2.39. The van der Waals surface area contributed by atoms with Gasteiger partial charge in [0.15, 0.2) is 17.0 Å². The van der Waals surface area contributed by atoms with Crippen LogP contribution in [0.3, 0.4) is 0 Å². The molecule has 4 rings (SSSR count). The van der Waals surface area contributed by atoms with E-state index in [0.717, 1.165) is 11.5 Å². The molecule has 2 aromatic carbocycles. The van der Waals surface area contributed by atoms with Crippen molar-refractivity contribution in [3.05, 3.63) is 65.0 Å². The number of hydrogen-bond acceptors (Lipinski definition) is 6. The molecule has 9 heteroatoms. The van der Waals surface area contributed by atoms with E-state index in [4.69, 9.17) is 18.6 Å². The Balaban J connectivity index is 1.39. The highest BCUT2D eigenvalue weighted by atomic mass is 79.9. The van der Waals surface area contributed by atoms with E-state index < -0.39 is 5.91 Å². The Hall–Kier alpha value is -3.46. The van der Waals surface area contributed by atoms with Crippen LogP contribution in [-0.4, -0.2) is 38.7 Å². The van der Waals surface area contributed by atoms with Gasteiger partial charge in [0.25, 0.3) is 11.8 Å². The zero-order valence-corrected chi connectivity index (χ0v) is 18.9. The summed E-state index contributed by atoms with van der Waals surface area (Å²) in [5, 5.41) is 2.77. The largest absolute Gasteiger partial charge is 0.497 e. The van der Waals surface area contributed by atoms with Crippen molar-refractivity contribution in [3.63, 3.8) is 0 Å². The van der Waals surface area contributed by atoms with E-state index in [1.54, 1.807) is 42.3 Å².